The number of fused-ring (bicyclic) bond motifs is 4. The third-order valence-corrected chi connectivity index (χ3v) is 13.6. The Kier molecular flexibility index (Phi) is 13.8. The zero-order valence-corrected chi connectivity index (χ0v) is 39.8. The Bertz CT molecular complexity index is 3030. The van der Waals surface area contributed by atoms with Crippen molar-refractivity contribution in [1.82, 2.24) is 0 Å². The molecule has 0 spiro atoms. The molecule has 324 valence electrons. The Morgan fingerprint density at radius 3 is 1.66 bits per heavy atom. The Balaban J connectivity index is 0.000000136. The van der Waals surface area contributed by atoms with Gasteiger partial charge in [-0.25, -0.2) is 0 Å². The molecule has 0 heterocycles. The van der Waals surface area contributed by atoms with Crippen LogP contribution in [0.25, 0.3) is 66.4 Å². The first-order valence-corrected chi connectivity index (χ1v) is 23.7. The van der Waals surface area contributed by atoms with E-state index < -0.39 is 0 Å². The minimum Gasteiger partial charge on any atom is -0.0651 e. The highest BCUT2D eigenvalue weighted by atomic mass is 14.4. The second-order valence-electron chi connectivity index (χ2n) is 18.5. The monoisotopic (exact) mass is 845 g/mol. The third-order valence-electron chi connectivity index (χ3n) is 13.6. The molecule has 10 rings (SSSR count). The van der Waals surface area contributed by atoms with E-state index in [-0.39, 0.29) is 5.41 Å². The van der Waals surface area contributed by atoms with Crippen molar-refractivity contribution in [1.29, 1.82) is 0 Å². The molecule has 1 aliphatic carbocycles. The van der Waals surface area contributed by atoms with E-state index in [4.69, 9.17) is 0 Å². The maximum Gasteiger partial charge on any atom is 0.0158 e. The molecule has 0 heteroatoms. The molecule has 0 amide bonds. The molecule has 0 nitrogen and oxygen atoms in total. The second kappa shape index (κ2) is 20.0. The van der Waals surface area contributed by atoms with E-state index in [9.17, 15) is 0 Å². The van der Waals surface area contributed by atoms with Crippen molar-refractivity contribution < 1.29 is 0 Å². The van der Waals surface area contributed by atoms with Crippen LogP contribution in [0.15, 0.2) is 200 Å². The average molecular weight is 845 g/mol. The van der Waals surface area contributed by atoms with Crippen molar-refractivity contribution in [3.63, 3.8) is 0 Å². The molecule has 0 aromatic heterocycles. The Hall–Kier alpha value is -6.76. The van der Waals surface area contributed by atoms with Gasteiger partial charge in [0.25, 0.3) is 0 Å². The van der Waals surface area contributed by atoms with Gasteiger partial charge in [0.05, 0.1) is 0 Å². The predicted molar refractivity (Wildman–Crippen MR) is 283 cm³/mol. The third kappa shape index (κ3) is 9.55. The molecule has 9 aromatic carbocycles. The topological polar surface area (TPSA) is 0 Å². The zero-order chi connectivity index (χ0) is 45.5. The SMILES string of the molecule is CCC(C)c1ccc(-c2ccccc2-c2cccc3ccccc23)cc1.CCCc1c(-c2ccc(C)cc2)cccc1-c1ccccc1C.Cc1ccc2c(c1)C(C)(C)c1ccccc1-2. The highest BCUT2D eigenvalue weighted by Gasteiger charge is 2.34. The van der Waals surface area contributed by atoms with Crippen LogP contribution in [0.4, 0.5) is 0 Å². The van der Waals surface area contributed by atoms with Gasteiger partial charge in [0.1, 0.15) is 0 Å². The molecule has 1 aliphatic rings. The van der Waals surface area contributed by atoms with Gasteiger partial charge in [0.2, 0.25) is 0 Å². The van der Waals surface area contributed by atoms with E-state index in [1.54, 1.807) is 0 Å². The van der Waals surface area contributed by atoms with Crippen molar-refractivity contribution in [2.75, 3.05) is 0 Å². The first-order chi connectivity index (χ1) is 31.6. The van der Waals surface area contributed by atoms with Gasteiger partial charge >= 0.3 is 0 Å². The molecule has 0 N–H and O–H groups in total. The van der Waals surface area contributed by atoms with Crippen molar-refractivity contribution in [2.24, 2.45) is 0 Å². The first kappa shape index (κ1) is 44.8. The molecule has 1 unspecified atom stereocenters. The molecule has 1 atom stereocenters. The molecule has 0 fully saturated rings. The normalized spacial score (nSPS) is 12.6. The van der Waals surface area contributed by atoms with Crippen molar-refractivity contribution in [3.05, 3.63) is 239 Å². The summed E-state index contributed by atoms with van der Waals surface area (Å²) in [6.07, 6.45) is 3.43. The molecule has 0 radical (unpaired) electrons. The summed E-state index contributed by atoms with van der Waals surface area (Å²) in [4.78, 5) is 0. The summed E-state index contributed by atoms with van der Waals surface area (Å²) >= 11 is 0. The maximum atomic E-state index is 2.33. The predicted octanol–water partition coefficient (Wildman–Crippen LogP) is 18.6. The Morgan fingerprint density at radius 2 is 0.938 bits per heavy atom. The van der Waals surface area contributed by atoms with Gasteiger partial charge in [-0.05, 0) is 134 Å². The fraction of sp³-hybridized carbons (Fsp3) is 0.200. The highest BCUT2D eigenvalue weighted by Crippen LogP contribution is 2.48. The Morgan fingerprint density at radius 1 is 0.415 bits per heavy atom. The molecule has 0 saturated carbocycles. The average Bonchev–Trinajstić information content (AvgIpc) is 3.57. The second-order valence-corrected chi connectivity index (χ2v) is 18.5. The van der Waals surface area contributed by atoms with Gasteiger partial charge in [-0.2, -0.15) is 0 Å². The van der Waals surface area contributed by atoms with E-state index in [0.29, 0.717) is 5.92 Å². The smallest absolute Gasteiger partial charge is 0.0158 e. The van der Waals surface area contributed by atoms with E-state index in [1.165, 1.54) is 112 Å². The van der Waals surface area contributed by atoms with Crippen molar-refractivity contribution >= 4 is 10.8 Å². The first-order valence-electron chi connectivity index (χ1n) is 23.7. The lowest BCUT2D eigenvalue weighted by molar-refractivity contribution is 0.660. The lowest BCUT2D eigenvalue weighted by atomic mass is 9.82. The number of rotatable bonds is 8. The molecule has 0 bridgehead atoms. The highest BCUT2D eigenvalue weighted by molar-refractivity contribution is 6.00. The molecule has 65 heavy (non-hydrogen) atoms. The molecular formula is C65H64. The van der Waals surface area contributed by atoms with Gasteiger partial charge in [-0.1, -0.05) is 252 Å². The molecular weight excluding hydrogens is 781 g/mol. The lowest BCUT2D eigenvalue weighted by Gasteiger charge is -2.21. The minimum atomic E-state index is 0.151. The van der Waals surface area contributed by atoms with Crippen LogP contribution in [0.3, 0.4) is 0 Å². The van der Waals surface area contributed by atoms with Crippen LogP contribution >= 0.6 is 0 Å². The fourth-order valence-corrected chi connectivity index (χ4v) is 9.71. The van der Waals surface area contributed by atoms with Crippen LogP contribution in [0.5, 0.6) is 0 Å². The zero-order valence-electron chi connectivity index (χ0n) is 39.8. The van der Waals surface area contributed by atoms with E-state index in [1.807, 2.05) is 0 Å². The van der Waals surface area contributed by atoms with E-state index >= 15 is 0 Å². The van der Waals surface area contributed by atoms with Gasteiger partial charge in [0, 0.05) is 5.41 Å². The van der Waals surface area contributed by atoms with Crippen LogP contribution in [0, 0.1) is 20.8 Å². The quantitative estimate of drug-likeness (QED) is 0.143. The van der Waals surface area contributed by atoms with E-state index in [0.717, 1.165) is 12.8 Å². The number of hydrogen-bond acceptors (Lipinski definition) is 0. The van der Waals surface area contributed by atoms with Gasteiger partial charge in [-0.15, -0.1) is 0 Å². The van der Waals surface area contributed by atoms with Crippen molar-refractivity contribution in [3.8, 4) is 55.6 Å². The van der Waals surface area contributed by atoms with Crippen LogP contribution in [-0.4, -0.2) is 0 Å². The lowest BCUT2D eigenvalue weighted by Crippen LogP contribution is -2.14. The fourth-order valence-electron chi connectivity index (χ4n) is 9.71. The summed E-state index contributed by atoms with van der Waals surface area (Å²) in [5, 5.41) is 2.59. The van der Waals surface area contributed by atoms with Crippen molar-refractivity contribution in [2.45, 2.75) is 86.0 Å². The summed E-state index contributed by atoms with van der Waals surface area (Å²) in [5.74, 6) is 0.609. The standard InChI is InChI=1S/C26H24.C23H24.C16H16/c1-3-19(2)20-15-17-22(18-16-20)24-12-6-7-13-25(24)26-14-8-10-21-9-4-5-11-23(21)26;1-4-8-22-21(19-15-13-17(2)14-16-19)11-7-12-23(22)20-10-6-5-9-18(20)3;1-11-8-9-13-12-6-4-5-7-14(12)16(2,3)15(13)10-11/h4-19H,3H2,1-2H3;5-7,9-16H,4,8H2,1-3H3;4-10H,1-3H3. The van der Waals surface area contributed by atoms with Crippen LogP contribution in [0.1, 0.15) is 92.3 Å². The van der Waals surface area contributed by atoms with E-state index in [2.05, 4.69) is 256 Å². The minimum absolute atomic E-state index is 0.151. The van der Waals surface area contributed by atoms with Gasteiger partial charge < -0.3 is 0 Å². The largest absolute Gasteiger partial charge is 0.0651 e. The summed E-state index contributed by atoms with van der Waals surface area (Å²) in [5.41, 5.74) is 23.3. The van der Waals surface area contributed by atoms with Gasteiger partial charge in [0.15, 0.2) is 0 Å². The van der Waals surface area contributed by atoms with Crippen LogP contribution in [0.2, 0.25) is 0 Å². The van der Waals surface area contributed by atoms with Gasteiger partial charge in [-0.3, -0.25) is 0 Å². The van der Waals surface area contributed by atoms with Crippen LogP contribution < -0.4 is 0 Å². The molecule has 0 saturated heterocycles. The number of benzene rings is 9. The summed E-state index contributed by atoms with van der Waals surface area (Å²) in [6, 6.07) is 72.9. The molecule has 0 aliphatic heterocycles. The summed E-state index contributed by atoms with van der Waals surface area (Å²) in [7, 11) is 0. The Labute approximate surface area is 389 Å². The van der Waals surface area contributed by atoms with Crippen LogP contribution in [-0.2, 0) is 11.8 Å². The number of aryl methyl sites for hydroxylation is 3. The summed E-state index contributed by atoms with van der Waals surface area (Å²) in [6.45, 7) is 17.9. The molecule has 9 aromatic rings. The maximum absolute atomic E-state index is 2.33. The summed E-state index contributed by atoms with van der Waals surface area (Å²) < 4.78 is 0. The number of hydrogen-bond donors (Lipinski definition) is 0.